The van der Waals surface area contributed by atoms with Crippen LogP contribution in [0.25, 0.3) is 0 Å². The van der Waals surface area contributed by atoms with Gasteiger partial charge >= 0.3 is 0 Å². The second-order valence-corrected chi connectivity index (χ2v) is 6.19. The Bertz CT molecular complexity index is 541. The molecule has 0 heterocycles. The van der Waals surface area contributed by atoms with E-state index in [1.54, 1.807) is 12.1 Å². The van der Waals surface area contributed by atoms with Crippen LogP contribution in [-0.2, 0) is 0 Å². The van der Waals surface area contributed by atoms with Crippen LogP contribution in [-0.4, -0.2) is 22.7 Å². The van der Waals surface area contributed by atoms with Crippen molar-refractivity contribution in [1.82, 2.24) is 5.32 Å². The molecule has 0 bridgehead atoms. The van der Waals surface area contributed by atoms with Gasteiger partial charge in [0.15, 0.2) is 0 Å². The molecule has 20 heavy (non-hydrogen) atoms. The number of carbonyl (C=O) groups excluding carboxylic acids is 1. The molecule has 0 spiro atoms. The zero-order chi connectivity index (χ0) is 14.8. The Labute approximate surface area is 126 Å². The number of halogens is 1. The molecule has 108 valence electrons. The number of hydrogen-bond donors (Lipinski definition) is 1. The lowest BCUT2D eigenvalue weighted by Gasteiger charge is -2.14. The van der Waals surface area contributed by atoms with Crippen LogP contribution < -0.4 is 5.32 Å². The molecule has 1 aliphatic carbocycles. The minimum absolute atomic E-state index is 0.140. The Morgan fingerprint density at radius 1 is 1.50 bits per heavy atom. The highest BCUT2D eigenvalue weighted by atomic mass is 79.9. The first-order valence-corrected chi connectivity index (χ1v) is 7.69. The molecule has 1 aromatic carbocycles. The van der Waals surface area contributed by atoms with Crippen molar-refractivity contribution in [2.75, 3.05) is 11.9 Å². The van der Waals surface area contributed by atoms with Gasteiger partial charge in [-0.1, -0.05) is 22.0 Å². The summed E-state index contributed by atoms with van der Waals surface area (Å²) < 4.78 is 0. The summed E-state index contributed by atoms with van der Waals surface area (Å²) in [7, 11) is 0. The monoisotopic (exact) mass is 340 g/mol. The van der Waals surface area contributed by atoms with Crippen molar-refractivity contribution in [3.63, 3.8) is 0 Å². The summed E-state index contributed by atoms with van der Waals surface area (Å²) in [4.78, 5) is 22.6. The number of nitro benzene ring substituents is 1. The summed E-state index contributed by atoms with van der Waals surface area (Å²) in [6.45, 7) is 2.40. The van der Waals surface area contributed by atoms with Crippen molar-refractivity contribution >= 4 is 27.5 Å². The zero-order valence-electron chi connectivity index (χ0n) is 11.3. The van der Waals surface area contributed by atoms with Gasteiger partial charge < -0.3 is 5.32 Å². The van der Waals surface area contributed by atoms with Crippen LogP contribution in [0.4, 0.5) is 5.69 Å². The number of nitrogens with zero attached hydrogens (tertiary/aromatic N) is 1. The molecular formula is C14H17BrN2O3. The second kappa shape index (κ2) is 5.91. The van der Waals surface area contributed by atoms with E-state index in [2.05, 4.69) is 21.2 Å². The minimum atomic E-state index is -0.514. The van der Waals surface area contributed by atoms with Gasteiger partial charge in [0, 0.05) is 17.9 Å². The van der Waals surface area contributed by atoms with E-state index in [9.17, 15) is 14.9 Å². The molecule has 0 saturated heterocycles. The Morgan fingerprint density at radius 3 is 2.75 bits per heavy atom. The average Bonchev–Trinajstić information content (AvgIpc) is 3.16. The van der Waals surface area contributed by atoms with E-state index in [1.165, 1.54) is 6.07 Å². The maximum absolute atomic E-state index is 12.2. The Balaban J connectivity index is 2.09. The summed E-state index contributed by atoms with van der Waals surface area (Å²) >= 11 is 3.42. The molecule has 0 radical (unpaired) electrons. The third-order valence-electron chi connectivity index (χ3n) is 3.80. The van der Waals surface area contributed by atoms with Gasteiger partial charge in [-0.2, -0.15) is 0 Å². The number of hydrogen-bond acceptors (Lipinski definition) is 3. The van der Waals surface area contributed by atoms with E-state index in [4.69, 9.17) is 0 Å². The van der Waals surface area contributed by atoms with Crippen LogP contribution in [0.15, 0.2) is 18.2 Å². The molecule has 0 aliphatic heterocycles. The molecule has 6 heteroatoms. The molecule has 1 amide bonds. The van der Waals surface area contributed by atoms with Crippen molar-refractivity contribution in [3.8, 4) is 0 Å². The first-order valence-electron chi connectivity index (χ1n) is 6.57. The van der Waals surface area contributed by atoms with Crippen LogP contribution in [0.1, 0.15) is 35.2 Å². The fraction of sp³-hybridized carbons (Fsp3) is 0.500. The van der Waals surface area contributed by atoms with Crippen LogP contribution >= 0.6 is 15.9 Å². The first kappa shape index (κ1) is 15.0. The van der Waals surface area contributed by atoms with Gasteiger partial charge in [-0.05, 0) is 43.2 Å². The van der Waals surface area contributed by atoms with E-state index >= 15 is 0 Å². The highest BCUT2D eigenvalue weighted by Gasteiger charge is 2.41. The van der Waals surface area contributed by atoms with E-state index < -0.39 is 4.92 Å². The molecule has 1 fully saturated rings. The van der Waals surface area contributed by atoms with Gasteiger partial charge in [0.2, 0.25) is 0 Å². The van der Waals surface area contributed by atoms with Gasteiger partial charge in [-0.3, -0.25) is 14.9 Å². The van der Waals surface area contributed by atoms with Crippen molar-refractivity contribution in [1.29, 1.82) is 0 Å². The van der Waals surface area contributed by atoms with Crippen molar-refractivity contribution in [3.05, 3.63) is 39.4 Å². The Hall–Kier alpha value is -1.43. The largest absolute Gasteiger partial charge is 0.351 e. The van der Waals surface area contributed by atoms with Crippen LogP contribution in [0.2, 0.25) is 0 Å². The van der Waals surface area contributed by atoms with Gasteiger partial charge in [-0.25, -0.2) is 0 Å². The Kier molecular flexibility index (Phi) is 4.42. The summed E-state index contributed by atoms with van der Waals surface area (Å²) in [6.07, 6.45) is 3.23. The highest BCUT2D eigenvalue weighted by Crippen LogP contribution is 2.48. The molecule has 1 aromatic rings. The third-order valence-corrected chi connectivity index (χ3v) is 4.20. The standard InChI is InChI=1S/C14H17BrN2O3/c1-10-2-3-12(17(19)20)11(8-10)13(18)16-9-14(4-5-14)6-7-15/h2-3,8H,4-7,9H2,1H3,(H,16,18). The third kappa shape index (κ3) is 3.36. The SMILES string of the molecule is Cc1ccc([N+](=O)[O-])c(C(=O)NCC2(CCBr)CC2)c1. The first-order chi connectivity index (χ1) is 9.47. The summed E-state index contributed by atoms with van der Waals surface area (Å²) in [5.74, 6) is -0.360. The Morgan fingerprint density at radius 2 is 2.20 bits per heavy atom. The number of amides is 1. The number of benzene rings is 1. The lowest BCUT2D eigenvalue weighted by Crippen LogP contribution is -2.31. The molecule has 0 aromatic heterocycles. The van der Waals surface area contributed by atoms with Crippen LogP contribution in [0.5, 0.6) is 0 Å². The van der Waals surface area contributed by atoms with E-state index in [0.717, 1.165) is 30.2 Å². The summed E-state index contributed by atoms with van der Waals surface area (Å²) in [5.41, 5.74) is 1.03. The average molecular weight is 341 g/mol. The normalized spacial score (nSPS) is 15.7. The maximum atomic E-state index is 12.2. The van der Waals surface area contributed by atoms with Gasteiger partial charge in [0.1, 0.15) is 5.56 Å². The zero-order valence-corrected chi connectivity index (χ0v) is 12.9. The van der Waals surface area contributed by atoms with Gasteiger partial charge in [0.05, 0.1) is 4.92 Å². The lowest BCUT2D eigenvalue weighted by molar-refractivity contribution is -0.385. The molecule has 0 atom stereocenters. The number of alkyl halides is 1. The van der Waals surface area contributed by atoms with Gasteiger partial charge in [0.25, 0.3) is 11.6 Å². The van der Waals surface area contributed by atoms with E-state index in [1.807, 2.05) is 6.92 Å². The second-order valence-electron chi connectivity index (χ2n) is 5.40. The summed E-state index contributed by atoms with van der Waals surface area (Å²) in [5, 5.41) is 14.7. The lowest BCUT2D eigenvalue weighted by atomic mass is 10.0. The maximum Gasteiger partial charge on any atom is 0.282 e. The predicted octanol–water partition coefficient (Wildman–Crippen LogP) is 3.20. The van der Waals surface area contributed by atoms with Crippen LogP contribution in [0, 0.1) is 22.5 Å². The van der Waals surface area contributed by atoms with E-state index in [-0.39, 0.29) is 22.6 Å². The van der Waals surface area contributed by atoms with Gasteiger partial charge in [-0.15, -0.1) is 0 Å². The fourth-order valence-corrected chi connectivity index (χ4v) is 3.09. The topological polar surface area (TPSA) is 72.2 Å². The molecular weight excluding hydrogens is 324 g/mol. The summed E-state index contributed by atoms with van der Waals surface area (Å²) in [6, 6.07) is 4.59. The van der Waals surface area contributed by atoms with E-state index in [0.29, 0.717) is 6.54 Å². The molecule has 1 N–H and O–H groups in total. The quantitative estimate of drug-likeness (QED) is 0.491. The van der Waals surface area contributed by atoms with Crippen molar-refractivity contribution in [2.24, 2.45) is 5.41 Å². The number of aryl methyl sites for hydroxylation is 1. The number of rotatable bonds is 6. The van der Waals surface area contributed by atoms with Crippen molar-refractivity contribution in [2.45, 2.75) is 26.2 Å². The minimum Gasteiger partial charge on any atom is -0.351 e. The fourth-order valence-electron chi connectivity index (χ4n) is 2.25. The number of nitrogens with one attached hydrogen (secondary N) is 1. The predicted molar refractivity (Wildman–Crippen MR) is 80.2 cm³/mol. The van der Waals surface area contributed by atoms with Crippen LogP contribution in [0.3, 0.4) is 0 Å². The molecule has 1 aliphatic rings. The number of nitro groups is 1. The van der Waals surface area contributed by atoms with Crippen molar-refractivity contribution < 1.29 is 9.72 Å². The molecule has 1 saturated carbocycles. The highest BCUT2D eigenvalue weighted by molar-refractivity contribution is 9.09. The molecule has 5 nitrogen and oxygen atoms in total. The molecule has 0 unspecified atom stereocenters. The molecule has 2 rings (SSSR count). The number of carbonyl (C=O) groups is 1. The smallest absolute Gasteiger partial charge is 0.282 e.